The van der Waals surface area contributed by atoms with Gasteiger partial charge in [0.05, 0.1) is 11.3 Å². The van der Waals surface area contributed by atoms with Gasteiger partial charge >= 0.3 is 5.97 Å². The number of carboxylic acids is 1. The van der Waals surface area contributed by atoms with Crippen LogP contribution in [0.3, 0.4) is 0 Å². The quantitative estimate of drug-likeness (QED) is 0.791. The topological polar surface area (TPSA) is 81.1 Å². The average molecular weight is 271 g/mol. The Morgan fingerprint density at radius 2 is 2.25 bits per heavy atom. The highest BCUT2D eigenvalue weighted by molar-refractivity contribution is 6.00. The number of hydrogen-bond acceptors (Lipinski definition) is 4. The highest BCUT2D eigenvalue weighted by atomic mass is 16.4. The van der Waals surface area contributed by atoms with E-state index in [2.05, 4.69) is 10.1 Å². The van der Waals surface area contributed by atoms with E-state index in [-0.39, 0.29) is 5.56 Å². The molecule has 1 aromatic carbocycles. The van der Waals surface area contributed by atoms with Crippen molar-refractivity contribution in [2.45, 2.75) is 13.3 Å². The van der Waals surface area contributed by atoms with E-state index < -0.39 is 5.97 Å². The van der Waals surface area contributed by atoms with E-state index in [0.717, 1.165) is 17.8 Å². The number of aryl methyl sites for hydroxylation is 2. The summed E-state index contributed by atoms with van der Waals surface area (Å²) in [5.41, 5.74) is 2.61. The Morgan fingerprint density at radius 1 is 1.45 bits per heavy atom. The highest BCUT2D eigenvalue weighted by Gasteiger charge is 2.17. The van der Waals surface area contributed by atoms with Crippen LogP contribution in [0.1, 0.15) is 23.0 Å². The first-order valence-corrected chi connectivity index (χ1v) is 6.26. The SMILES string of the molecule is CCc1cc(-c2nc3c(C(=O)O)cccc3o2)n(C)n1. The number of oxazole rings is 1. The monoisotopic (exact) mass is 271 g/mol. The van der Waals surface area contributed by atoms with Crippen molar-refractivity contribution in [1.82, 2.24) is 14.8 Å². The second-order valence-corrected chi connectivity index (χ2v) is 4.47. The van der Waals surface area contributed by atoms with Crippen molar-refractivity contribution in [3.8, 4) is 11.6 Å². The molecular weight excluding hydrogens is 258 g/mol. The van der Waals surface area contributed by atoms with Crippen molar-refractivity contribution >= 4 is 17.1 Å². The van der Waals surface area contributed by atoms with Gasteiger partial charge in [-0.3, -0.25) is 4.68 Å². The first-order valence-electron chi connectivity index (χ1n) is 6.26. The maximum Gasteiger partial charge on any atom is 0.338 e. The Balaban J connectivity index is 2.20. The van der Waals surface area contributed by atoms with Crippen molar-refractivity contribution < 1.29 is 14.3 Å². The summed E-state index contributed by atoms with van der Waals surface area (Å²) in [5, 5.41) is 13.5. The maximum absolute atomic E-state index is 11.2. The summed E-state index contributed by atoms with van der Waals surface area (Å²) in [6.07, 6.45) is 0.814. The summed E-state index contributed by atoms with van der Waals surface area (Å²) in [4.78, 5) is 15.5. The minimum Gasteiger partial charge on any atom is -0.478 e. The number of aromatic carboxylic acids is 1. The summed E-state index contributed by atoms with van der Waals surface area (Å²) in [6.45, 7) is 2.01. The predicted octanol–water partition coefficient (Wildman–Crippen LogP) is 2.49. The smallest absolute Gasteiger partial charge is 0.338 e. The molecule has 6 nitrogen and oxygen atoms in total. The lowest BCUT2D eigenvalue weighted by Gasteiger charge is -1.93. The molecule has 0 fully saturated rings. The summed E-state index contributed by atoms with van der Waals surface area (Å²) >= 11 is 0. The van der Waals surface area contributed by atoms with Gasteiger partial charge in [0, 0.05) is 7.05 Å². The molecule has 1 N–H and O–H groups in total. The molecule has 2 heterocycles. The van der Waals surface area contributed by atoms with Crippen LogP contribution >= 0.6 is 0 Å². The van der Waals surface area contributed by atoms with Crippen LogP contribution in [0.4, 0.5) is 0 Å². The Kier molecular flexibility index (Phi) is 2.78. The lowest BCUT2D eigenvalue weighted by Crippen LogP contribution is -1.97. The van der Waals surface area contributed by atoms with Crippen LogP contribution in [0.15, 0.2) is 28.7 Å². The van der Waals surface area contributed by atoms with E-state index in [9.17, 15) is 4.79 Å². The van der Waals surface area contributed by atoms with Crippen LogP contribution in [0.5, 0.6) is 0 Å². The molecule has 0 saturated heterocycles. The van der Waals surface area contributed by atoms with E-state index in [4.69, 9.17) is 9.52 Å². The Hall–Kier alpha value is -2.63. The Bertz CT molecular complexity index is 801. The van der Waals surface area contributed by atoms with Gasteiger partial charge in [0.15, 0.2) is 5.58 Å². The number of fused-ring (bicyclic) bond motifs is 1. The van der Waals surface area contributed by atoms with E-state index in [1.807, 2.05) is 20.0 Å². The molecule has 0 radical (unpaired) electrons. The number of para-hydroxylation sites is 1. The van der Waals surface area contributed by atoms with Gasteiger partial charge in [-0.2, -0.15) is 5.10 Å². The highest BCUT2D eigenvalue weighted by Crippen LogP contribution is 2.26. The summed E-state index contributed by atoms with van der Waals surface area (Å²) in [5.74, 6) is -0.641. The third kappa shape index (κ3) is 1.85. The van der Waals surface area contributed by atoms with Gasteiger partial charge in [-0.1, -0.05) is 13.0 Å². The average Bonchev–Trinajstić information content (AvgIpc) is 3.00. The summed E-state index contributed by atoms with van der Waals surface area (Å²) in [6, 6.07) is 6.75. The zero-order valence-electron chi connectivity index (χ0n) is 11.1. The second kappa shape index (κ2) is 4.48. The van der Waals surface area contributed by atoms with Gasteiger partial charge in [-0.15, -0.1) is 0 Å². The molecule has 102 valence electrons. The zero-order valence-corrected chi connectivity index (χ0v) is 11.1. The molecule has 0 saturated carbocycles. The molecule has 3 aromatic rings. The minimum absolute atomic E-state index is 0.135. The fourth-order valence-electron chi connectivity index (χ4n) is 2.13. The maximum atomic E-state index is 11.2. The standard InChI is InChI=1S/C14H13N3O3/c1-3-8-7-10(17(2)16-8)13-15-12-9(14(18)19)5-4-6-11(12)20-13/h4-7H,3H2,1-2H3,(H,18,19). The molecule has 0 unspecified atom stereocenters. The van der Waals surface area contributed by atoms with E-state index >= 15 is 0 Å². The van der Waals surface area contributed by atoms with Gasteiger partial charge in [0.1, 0.15) is 11.2 Å². The van der Waals surface area contributed by atoms with Crippen molar-refractivity contribution in [3.63, 3.8) is 0 Å². The number of hydrogen-bond donors (Lipinski definition) is 1. The van der Waals surface area contributed by atoms with Crippen LogP contribution in [0, 0.1) is 0 Å². The molecule has 0 aliphatic heterocycles. The predicted molar refractivity (Wildman–Crippen MR) is 72.5 cm³/mol. The van der Waals surface area contributed by atoms with Crippen molar-refractivity contribution in [2.24, 2.45) is 7.05 Å². The van der Waals surface area contributed by atoms with Gasteiger partial charge in [-0.25, -0.2) is 9.78 Å². The molecule has 0 aliphatic rings. The molecule has 6 heteroatoms. The molecule has 0 bridgehead atoms. The number of carbonyl (C=O) groups is 1. The van der Waals surface area contributed by atoms with E-state index in [1.54, 1.807) is 16.8 Å². The first-order chi connectivity index (χ1) is 9.60. The number of aromatic nitrogens is 3. The minimum atomic E-state index is -1.02. The lowest BCUT2D eigenvalue weighted by molar-refractivity contribution is 0.0699. The van der Waals surface area contributed by atoms with Crippen molar-refractivity contribution in [1.29, 1.82) is 0 Å². The van der Waals surface area contributed by atoms with Gasteiger partial charge in [-0.05, 0) is 24.6 Å². The second-order valence-electron chi connectivity index (χ2n) is 4.47. The lowest BCUT2D eigenvalue weighted by atomic mass is 10.2. The molecule has 2 aromatic heterocycles. The zero-order chi connectivity index (χ0) is 14.3. The van der Waals surface area contributed by atoms with Gasteiger partial charge < -0.3 is 9.52 Å². The molecular formula is C14H13N3O3. The number of nitrogens with zero attached hydrogens (tertiary/aromatic N) is 3. The van der Waals surface area contributed by atoms with Crippen LogP contribution < -0.4 is 0 Å². The molecule has 0 spiro atoms. The fourth-order valence-corrected chi connectivity index (χ4v) is 2.13. The first kappa shape index (κ1) is 12.4. The molecule has 3 rings (SSSR count). The Morgan fingerprint density at radius 3 is 2.90 bits per heavy atom. The van der Waals surface area contributed by atoms with Crippen LogP contribution in [-0.2, 0) is 13.5 Å². The molecule has 0 amide bonds. The normalized spacial score (nSPS) is 11.1. The third-order valence-electron chi connectivity index (χ3n) is 3.16. The van der Waals surface area contributed by atoms with Crippen molar-refractivity contribution in [2.75, 3.05) is 0 Å². The molecule has 20 heavy (non-hydrogen) atoms. The summed E-state index contributed by atoms with van der Waals surface area (Å²) in [7, 11) is 1.81. The van der Waals surface area contributed by atoms with Gasteiger partial charge in [0.25, 0.3) is 0 Å². The van der Waals surface area contributed by atoms with E-state index in [0.29, 0.717) is 17.0 Å². The fraction of sp³-hybridized carbons (Fsp3) is 0.214. The number of rotatable bonds is 3. The largest absolute Gasteiger partial charge is 0.478 e. The molecule has 0 aliphatic carbocycles. The van der Waals surface area contributed by atoms with Crippen LogP contribution in [0.25, 0.3) is 22.7 Å². The number of carboxylic acid groups (broad SMARTS) is 1. The Labute approximate surface area is 114 Å². The van der Waals surface area contributed by atoms with Crippen molar-refractivity contribution in [3.05, 3.63) is 35.5 Å². The van der Waals surface area contributed by atoms with Gasteiger partial charge in [0.2, 0.25) is 5.89 Å². The van der Waals surface area contributed by atoms with E-state index in [1.165, 1.54) is 6.07 Å². The van der Waals surface area contributed by atoms with Crippen LogP contribution in [0.2, 0.25) is 0 Å². The third-order valence-corrected chi connectivity index (χ3v) is 3.16. The summed E-state index contributed by atoms with van der Waals surface area (Å²) < 4.78 is 7.33. The molecule has 0 atom stereocenters. The van der Waals surface area contributed by atoms with Crippen LogP contribution in [-0.4, -0.2) is 25.8 Å². The number of benzene rings is 1.